The number of hydrogen-bond donors (Lipinski definition) is 1. The van der Waals surface area contributed by atoms with Crippen LogP contribution in [0.4, 0.5) is 0 Å². The molecule has 1 aromatic heterocycles. The van der Waals surface area contributed by atoms with Gasteiger partial charge in [0.15, 0.2) is 0 Å². The third-order valence-corrected chi connectivity index (χ3v) is 3.88. The number of hydrogen-bond acceptors (Lipinski definition) is 3. The molecule has 2 atom stereocenters. The van der Waals surface area contributed by atoms with E-state index in [1.807, 2.05) is 48.9 Å². The maximum atomic E-state index is 10.4. The normalized spacial score (nSPS) is 14.2. The number of nitrogens with zero attached hydrogens (tertiary/aromatic N) is 2. The summed E-state index contributed by atoms with van der Waals surface area (Å²) >= 11 is 3.46. The van der Waals surface area contributed by atoms with Crippen molar-refractivity contribution in [2.75, 3.05) is 6.61 Å². The van der Waals surface area contributed by atoms with Crippen LogP contribution < -0.4 is 0 Å². The molecule has 20 heavy (non-hydrogen) atoms. The van der Waals surface area contributed by atoms with Gasteiger partial charge in [0.25, 0.3) is 0 Å². The van der Waals surface area contributed by atoms with Crippen molar-refractivity contribution in [3.63, 3.8) is 0 Å². The van der Waals surface area contributed by atoms with Crippen LogP contribution in [0.1, 0.15) is 37.4 Å². The van der Waals surface area contributed by atoms with Gasteiger partial charge in [-0.05, 0) is 25.5 Å². The summed E-state index contributed by atoms with van der Waals surface area (Å²) < 4.78 is 8.41. The highest BCUT2D eigenvalue weighted by Crippen LogP contribution is 2.25. The minimum atomic E-state index is -0.590. The van der Waals surface area contributed by atoms with Crippen molar-refractivity contribution in [1.29, 1.82) is 0 Å². The summed E-state index contributed by atoms with van der Waals surface area (Å²) in [5.41, 5.74) is 0.871. The van der Waals surface area contributed by atoms with Crippen molar-refractivity contribution in [3.05, 3.63) is 52.5 Å². The summed E-state index contributed by atoms with van der Waals surface area (Å²) in [5.74, 6) is 0.831. The maximum absolute atomic E-state index is 10.4. The molecule has 0 saturated heterocycles. The molecule has 1 heterocycles. The monoisotopic (exact) mass is 338 g/mol. The molecule has 0 aliphatic rings. The Kier molecular flexibility index (Phi) is 5.34. The fraction of sp³-hybridized carbons (Fsp3) is 0.400. The van der Waals surface area contributed by atoms with Crippen molar-refractivity contribution in [2.45, 2.75) is 32.6 Å². The number of halogens is 1. The van der Waals surface area contributed by atoms with Crippen LogP contribution in [0, 0.1) is 0 Å². The van der Waals surface area contributed by atoms with Gasteiger partial charge in [0.2, 0.25) is 0 Å². The van der Waals surface area contributed by atoms with E-state index in [2.05, 4.69) is 20.9 Å². The molecule has 1 N–H and O–H groups in total. The topological polar surface area (TPSA) is 47.3 Å². The van der Waals surface area contributed by atoms with Crippen LogP contribution in [0.2, 0.25) is 0 Å². The van der Waals surface area contributed by atoms with E-state index in [4.69, 9.17) is 4.74 Å². The Hall–Kier alpha value is -1.17. The van der Waals surface area contributed by atoms with Gasteiger partial charge in [-0.1, -0.05) is 34.1 Å². The lowest BCUT2D eigenvalue weighted by Crippen LogP contribution is -2.14. The number of benzene rings is 1. The standard InChI is InChI=1S/C15H19BrN2O2/c1-3-20-11(2)15-17-8-9-18(15)10-14(19)12-6-4-5-7-13(12)16/h4-9,11,14,19H,3,10H2,1-2H3. The van der Waals surface area contributed by atoms with E-state index in [9.17, 15) is 5.11 Å². The predicted octanol–water partition coefficient (Wildman–Crippen LogP) is 3.48. The average Bonchev–Trinajstić information content (AvgIpc) is 2.87. The molecule has 0 bridgehead atoms. The molecule has 2 aromatic rings. The number of aromatic nitrogens is 2. The van der Waals surface area contributed by atoms with Gasteiger partial charge in [-0.25, -0.2) is 4.98 Å². The predicted molar refractivity (Wildman–Crippen MR) is 81.4 cm³/mol. The molecule has 0 saturated carbocycles. The molecule has 0 amide bonds. The number of aliphatic hydroxyl groups is 1. The molecule has 0 radical (unpaired) electrons. The van der Waals surface area contributed by atoms with Gasteiger partial charge >= 0.3 is 0 Å². The van der Waals surface area contributed by atoms with Gasteiger partial charge in [0, 0.05) is 23.5 Å². The smallest absolute Gasteiger partial charge is 0.137 e. The summed E-state index contributed by atoms with van der Waals surface area (Å²) in [7, 11) is 0. The molecular formula is C15H19BrN2O2. The van der Waals surface area contributed by atoms with E-state index >= 15 is 0 Å². The second-order valence-electron chi connectivity index (χ2n) is 4.57. The first kappa shape index (κ1) is 15.2. The summed E-state index contributed by atoms with van der Waals surface area (Å²) in [6, 6.07) is 7.69. The largest absolute Gasteiger partial charge is 0.386 e. The van der Waals surface area contributed by atoms with Gasteiger partial charge in [-0.3, -0.25) is 0 Å². The van der Waals surface area contributed by atoms with Gasteiger partial charge < -0.3 is 14.4 Å². The maximum Gasteiger partial charge on any atom is 0.137 e. The van der Waals surface area contributed by atoms with E-state index in [-0.39, 0.29) is 6.10 Å². The lowest BCUT2D eigenvalue weighted by Gasteiger charge is -2.18. The van der Waals surface area contributed by atoms with Gasteiger partial charge in [0.05, 0.1) is 12.6 Å². The zero-order chi connectivity index (χ0) is 14.5. The summed E-state index contributed by atoms with van der Waals surface area (Å²) in [5, 5.41) is 10.4. The average molecular weight is 339 g/mol. The fourth-order valence-corrected chi connectivity index (χ4v) is 2.74. The summed E-state index contributed by atoms with van der Waals surface area (Å²) in [6.45, 7) is 5.02. The number of aliphatic hydroxyl groups excluding tert-OH is 1. The highest BCUT2D eigenvalue weighted by molar-refractivity contribution is 9.10. The molecular weight excluding hydrogens is 320 g/mol. The van der Waals surface area contributed by atoms with E-state index in [0.717, 1.165) is 15.9 Å². The molecule has 4 nitrogen and oxygen atoms in total. The van der Waals surface area contributed by atoms with Crippen molar-refractivity contribution in [1.82, 2.24) is 9.55 Å². The minimum absolute atomic E-state index is 0.0820. The quantitative estimate of drug-likeness (QED) is 0.877. The van der Waals surface area contributed by atoms with E-state index in [1.165, 1.54) is 0 Å². The van der Waals surface area contributed by atoms with Gasteiger partial charge in [-0.15, -0.1) is 0 Å². The SMILES string of the molecule is CCOC(C)c1nccn1CC(O)c1ccccc1Br. The molecule has 2 unspecified atom stereocenters. The molecule has 0 spiro atoms. The van der Waals surface area contributed by atoms with Crippen molar-refractivity contribution in [2.24, 2.45) is 0 Å². The van der Waals surface area contributed by atoms with Crippen molar-refractivity contribution < 1.29 is 9.84 Å². The molecule has 0 fully saturated rings. The van der Waals surface area contributed by atoms with Crippen LogP contribution in [-0.4, -0.2) is 21.3 Å². The van der Waals surface area contributed by atoms with E-state index < -0.39 is 6.10 Å². The van der Waals surface area contributed by atoms with Crippen LogP contribution in [0.25, 0.3) is 0 Å². The minimum Gasteiger partial charge on any atom is -0.386 e. The summed E-state index contributed by atoms with van der Waals surface area (Å²) in [6.07, 6.45) is 2.93. The highest BCUT2D eigenvalue weighted by Gasteiger charge is 2.16. The van der Waals surface area contributed by atoms with Gasteiger partial charge in [0.1, 0.15) is 11.9 Å². The first-order valence-corrected chi connectivity index (χ1v) is 7.48. The Balaban J connectivity index is 2.15. The molecule has 0 aliphatic carbocycles. The van der Waals surface area contributed by atoms with Gasteiger partial charge in [-0.2, -0.15) is 0 Å². The summed E-state index contributed by atoms with van der Waals surface area (Å²) in [4.78, 5) is 4.32. The zero-order valence-electron chi connectivity index (χ0n) is 11.7. The van der Waals surface area contributed by atoms with Crippen LogP contribution >= 0.6 is 15.9 Å². The first-order chi connectivity index (χ1) is 9.63. The zero-order valence-corrected chi connectivity index (χ0v) is 13.2. The molecule has 108 valence electrons. The van der Waals surface area contributed by atoms with Crippen LogP contribution in [0.5, 0.6) is 0 Å². The third kappa shape index (κ3) is 3.48. The second kappa shape index (κ2) is 7.02. The third-order valence-electron chi connectivity index (χ3n) is 3.16. The first-order valence-electron chi connectivity index (χ1n) is 6.68. The number of rotatable bonds is 6. The number of imidazole rings is 1. The van der Waals surface area contributed by atoms with Crippen LogP contribution in [0.3, 0.4) is 0 Å². The molecule has 5 heteroatoms. The Labute approximate surface area is 127 Å². The Morgan fingerprint density at radius 2 is 2.15 bits per heavy atom. The fourth-order valence-electron chi connectivity index (χ4n) is 2.19. The molecule has 0 aliphatic heterocycles. The van der Waals surface area contributed by atoms with E-state index in [1.54, 1.807) is 6.20 Å². The molecule has 2 rings (SSSR count). The van der Waals surface area contributed by atoms with Crippen molar-refractivity contribution >= 4 is 15.9 Å². The van der Waals surface area contributed by atoms with Crippen LogP contribution in [0.15, 0.2) is 41.1 Å². The lowest BCUT2D eigenvalue weighted by molar-refractivity contribution is 0.0643. The number of ether oxygens (including phenoxy) is 1. The Morgan fingerprint density at radius 1 is 1.40 bits per heavy atom. The Bertz CT molecular complexity index is 556. The van der Waals surface area contributed by atoms with E-state index in [0.29, 0.717) is 13.2 Å². The highest BCUT2D eigenvalue weighted by atomic mass is 79.9. The Morgan fingerprint density at radius 3 is 2.85 bits per heavy atom. The lowest BCUT2D eigenvalue weighted by atomic mass is 10.1. The molecule has 1 aromatic carbocycles. The van der Waals surface area contributed by atoms with Crippen molar-refractivity contribution in [3.8, 4) is 0 Å². The second-order valence-corrected chi connectivity index (χ2v) is 5.43. The van der Waals surface area contributed by atoms with Crippen LogP contribution in [-0.2, 0) is 11.3 Å².